The monoisotopic (exact) mass is 219 g/mol. The molecule has 0 amide bonds. The highest BCUT2D eigenvalue weighted by molar-refractivity contribution is 6.31. The summed E-state index contributed by atoms with van der Waals surface area (Å²) >= 11 is 5.91. The quantitative estimate of drug-likeness (QED) is 0.586. The molecule has 0 radical (unpaired) electrons. The Bertz CT molecular complexity index is 601. The molecule has 1 heterocycles. The maximum absolute atomic E-state index is 13.1. The van der Waals surface area contributed by atoms with E-state index in [1.807, 2.05) is 18.2 Å². The Labute approximate surface area is 90.5 Å². The van der Waals surface area contributed by atoms with Crippen LogP contribution in [0.4, 0.5) is 4.39 Å². The number of hydrogen-bond acceptors (Lipinski definition) is 0. The molecule has 15 heavy (non-hydrogen) atoms. The summed E-state index contributed by atoms with van der Waals surface area (Å²) in [5.74, 6) is -0.233. The second-order valence-electron chi connectivity index (χ2n) is 3.50. The van der Waals surface area contributed by atoms with Gasteiger partial charge < -0.3 is 4.98 Å². The van der Waals surface area contributed by atoms with E-state index in [1.165, 1.54) is 12.1 Å². The maximum Gasteiger partial charge on any atom is 0.123 e. The lowest BCUT2D eigenvalue weighted by atomic mass is 10.1. The summed E-state index contributed by atoms with van der Waals surface area (Å²) in [5, 5.41) is 2.48. The summed E-state index contributed by atoms with van der Waals surface area (Å²) in [7, 11) is 0. The van der Waals surface area contributed by atoms with E-state index in [2.05, 4.69) is 4.98 Å². The zero-order valence-corrected chi connectivity index (χ0v) is 8.48. The highest BCUT2D eigenvalue weighted by atomic mass is 35.5. The van der Waals surface area contributed by atoms with Crippen molar-refractivity contribution in [3.63, 3.8) is 0 Å². The number of nitrogens with one attached hydrogen (secondary N) is 1. The summed E-state index contributed by atoms with van der Waals surface area (Å²) in [6.45, 7) is 0. The van der Waals surface area contributed by atoms with Gasteiger partial charge in [-0.15, -0.1) is 0 Å². The van der Waals surface area contributed by atoms with Crippen molar-refractivity contribution in [2.75, 3.05) is 0 Å². The van der Waals surface area contributed by atoms with Crippen LogP contribution in [0.5, 0.6) is 0 Å². The lowest BCUT2D eigenvalue weighted by molar-refractivity contribution is 0.630. The van der Waals surface area contributed by atoms with Crippen LogP contribution in [0, 0.1) is 5.82 Å². The Hall–Kier alpha value is -1.54. The Morgan fingerprint density at radius 2 is 1.60 bits per heavy atom. The summed E-state index contributed by atoms with van der Waals surface area (Å²) in [6.07, 6.45) is 0. The molecule has 74 valence electrons. The van der Waals surface area contributed by atoms with Gasteiger partial charge in [-0.1, -0.05) is 11.6 Å². The molecule has 1 N–H and O–H groups in total. The van der Waals surface area contributed by atoms with Gasteiger partial charge in [0, 0.05) is 26.8 Å². The summed E-state index contributed by atoms with van der Waals surface area (Å²) in [4.78, 5) is 3.21. The van der Waals surface area contributed by atoms with Gasteiger partial charge in [-0.05, 0) is 36.4 Å². The van der Waals surface area contributed by atoms with E-state index in [4.69, 9.17) is 11.6 Å². The van der Waals surface area contributed by atoms with Gasteiger partial charge in [0.15, 0.2) is 0 Å². The first-order chi connectivity index (χ1) is 7.24. The largest absolute Gasteiger partial charge is 0.355 e. The summed E-state index contributed by atoms with van der Waals surface area (Å²) < 4.78 is 13.1. The molecular formula is C12H7ClFN. The highest BCUT2D eigenvalue weighted by Gasteiger charge is 2.05. The van der Waals surface area contributed by atoms with E-state index in [9.17, 15) is 4.39 Å². The van der Waals surface area contributed by atoms with Gasteiger partial charge in [-0.2, -0.15) is 0 Å². The van der Waals surface area contributed by atoms with Crippen molar-refractivity contribution in [2.45, 2.75) is 0 Å². The SMILES string of the molecule is Fc1ccc2[nH]c3ccc(Cl)cc3c2c1. The fourth-order valence-electron chi connectivity index (χ4n) is 1.84. The van der Waals surface area contributed by atoms with Gasteiger partial charge in [-0.25, -0.2) is 4.39 Å². The molecule has 0 saturated carbocycles. The van der Waals surface area contributed by atoms with Crippen molar-refractivity contribution in [3.8, 4) is 0 Å². The molecule has 0 fully saturated rings. The lowest BCUT2D eigenvalue weighted by Gasteiger charge is -1.92. The Morgan fingerprint density at radius 1 is 0.933 bits per heavy atom. The second kappa shape index (κ2) is 2.97. The third kappa shape index (κ3) is 1.29. The van der Waals surface area contributed by atoms with Gasteiger partial charge in [0.25, 0.3) is 0 Å². The van der Waals surface area contributed by atoms with E-state index in [1.54, 1.807) is 6.07 Å². The van der Waals surface area contributed by atoms with Crippen LogP contribution in [0.2, 0.25) is 5.02 Å². The first-order valence-corrected chi connectivity index (χ1v) is 4.98. The molecule has 0 saturated heterocycles. The molecule has 0 aliphatic heterocycles. The molecule has 0 bridgehead atoms. The second-order valence-corrected chi connectivity index (χ2v) is 3.94. The van der Waals surface area contributed by atoms with E-state index < -0.39 is 0 Å². The predicted octanol–water partition coefficient (Wildman–Crippen LogP) is 4.11. The van der Waals surface area contributed by atoms with Gasteiger partial charge >= 0.3 is 0 Å². The Kier molecular flexibility index (Phi) is 1.73. The molecule has 0 atom stereocenters. The minimum atomic E-state index is -0.233. The summed E-state index contributed by atoms with van der Waals surface area (Å²) in [6, 6.07) is 10.3. The normalized spacial score (nSPS) is 11.3. The van der Waals surface area contributed by atoms with Gasteiger partial charge in [0.1, 0.15) is 5.82 Å². The molecule has 0 aliphatic carbocycles. The van der Waals surface area contributed by atoms with Crippen molar-refractivity contribution < 1.29 is 4.39 Å². The number of halogens is 2. The first kappa shape index (κ1) is 8.74. The zero-order chi connectivity index (χ0) is 10.4. The maximum atomic E-state index is 13.1. The van der Waals surface area contributed by atoms with Crippen molar-refractivity contribution in [1.29, 1.82) is 0 Å². The average molecular weight is 220 g/mol. The number of hydrogen-bond donors (Lipinski definition) is 1. The molecule has 3 rings (SSSR count). The van der Waals surface area contributed by atoms with Crippen LogP contribution in [-0.2, 0) is 0 Å². The van der Waals surface area contributed by atoms with Crippen molar-refractivity contribution >= 4 is 33.4 Å². The van der Waals surface area contributed by atoms with Gasteiger partial charge in [-0.3, -0.25) is 0 Å². The smallest absolute Gasteiger partial charge is 0.123 e. The van der Waals surface area contributed by atoms with E-state index >= 15 is 0 Å². The molecular weight excluding hydrogens is 213 g/mol. The van der Waals surface area contributed by atoms with Crippen LogP contribution < -0.4 is 0 Å². The zero-order valence-electron chi connectivity index (χ0n) is 7.72. The van der Waals surface area contributed by atoms with Crippen LogP contribution >= 0.6 is 11.6 Å². The van der Waals surface area contributed by atoms with E-state index in [-0.39, 0.29) is 5.82 Å². The van der Waals surface area contributed by atoms with Crippen LogP contribution in [-0.4, -0.2) is 4.98 Å². The van der Waals surface area contributed by atoms with E-state index in [0.717, 1.165) is 21.8 Å². The molecule has 2 aromatic carbocycles. The topological polar surface area (TPSA) is 15.8 Å². The minimum absolute atomic E-state index is 0.233. The molecule has 0 unspecified atom stereocenters. The average Bonchev–Trinajstić information content (AvgIpc) is 2.56. The van der Waals surface area contributed by atoms with Crippen LogP contribution in [0.15, 0.2) is 36.4 Å². The number of aromatic amines is 1. The fourth-order valence-corrected chi connectivity index (χ4v) is 2.01. The highest BCUT2D eigenvalue weighted by Crippen LogP contribution is 2.28. The molecule has 1 aromatic heterocycles. The van der Waals surface area contributed by atoms with Gasteiger partial charge in [0.2, 0.25) is 0 Å². The first-order valence-electron chi connectivity index (χ1n) is 4.60. The number of rotatable bonds is 0. The number of aromatic nitrogens is 1. The predicted molar refractivity (Wildman–Crippen MR) is 60.8 cm³/mol. The standard InChI is InChI=1S/C12H7ClFN/c13-7-1-3-11-9(5-7)10-6-8(14)2-4-12(10)15-11/h1-6,15H. The van der Waals surface area contributed by atoms with Crippen molar-refractivity contribution in [3.05, 3.63) is 47.2 Å². The molecule has 1 nitrogen and oxygen atoms in total. The number of fused-ring (bicyclic) bond motifs is 3. The molecule has 3 heteroatoms. The van der Waals surface area contributed by atoms with Crippen molar-refractivity contribution in [1.82, 2.24) is 4.98 Å². The lowest BCUT2D eigenvalue weighted by Crippen LogP contribution is -1.71. The van der Waals surface area contributed by atoms with Gasteiger partial charge in [0.05, 0.1) is 0 Å². The Balaban J connectivity index is 2.55. The number of benzene rings is 2. The number of H-pyrrole nitrogens is 1. The van der Waals surface area contributed by atoms with E-state index in [0.29, 0.717) is 5.02 Å². The van der Waals surface area contributed by atoms with Crippen LogP contribution in [0.1, 0.15) is 0 Å². The van der Waals surface area contributed by atoms with Crippen molar-refractivity contribution in [2.24, 2.45) is 0 Å². The molecule has 0 spiro atoms. The molecule has 0 aliphatic rings. The third-order valence-electron chi connectivity index (χ3n) is 2.52. The Morgan fingerprint density at radius 3 is 2.40 bits per heavy atom. The minimum Gasteiger partial charge on any atom is -0.355 e. The van der Waals surface area contributed by atoms with Crippen LogP contribution in [0.25, 0.3) is 21.8 Å². The third-order valence-corrected chi connectivity index (χ3v) is 2.76. The molecule has 3 aromatic rings. The fraction of sp³-hybridized carbons (Fsp3) is 0. The summed E-state index contributed by atoms with van der Waals surface area (Å²) in [5.41, 5.74) is 1.90. The van der Waals surface area contributed by atoms with Crippen LogP contribution in [0.3, 0.4) is 0 Å².